The van der Waals surface area contributed by atoms with Crippen LogP contribution in [0.25, 0.3) is 11.3 Å². The van der Waals surface area contributed by atoms with Crippen LogP contribution in [0.4, 0.5) is 0 Å². The van der Waals surface area contributed by atoms with Gasteiger partial charge in [-0.25, -0.2) is 4.98 Å². The Hall–Kier alpha value is -2.81. The van der Waals surface area contributed by atoms with E-state index in [1.54, 1.807) is 16.4 Å². The van der Waals surface area contributed by atoms with Crippen molar-refractivity contribution in [2.24, 2.45) is 0 Å². The number of benzene rings is 1. The van der Waals surface area contributed by atoms with Crippen molar-refractivity contribution in [1.82, 2.24) is 39.8 Å². The van der Waals surface area contributed by atoms with E-state index in [0.29, 0.717) is 0 Å². The summed E-state index contributed by atoms with van der Waals surface area (Å²) < 4.78 is 3.70. The third-order valence-electron chi connectivity index (χ3n) is 3.80. The molecule has 0 N–H and O–H groups in total. The van der Waals surface area contributed by atoms with E-state index in [1.165, 1.54) is 0 Å². The monoisotopic (exact) mass is 352 g/mol. The zero-order valence-corrected chi connectivity index (χ0v) is 14.8. The molecule has 1 aromatic carbocycles. The minimum atomic E-state index is -0.0108. The second-order valence-corrected chi connectivity index (χ2v) is 6.97. The number of nitrogens with zero attached hydrogens (tertiary/aromatic N) is 8. The van der Waals surface area contributed by atoms with Gasteiger partial charge in [0, 0.05) is 11.8 Å². The second-order valence-electron chi connectivity index (χ2n) is 5.67. The quantitative estimate of drug-likeness (QED) is 0.522. The summed E-state index contributed by atoms with van der Waals surface area (Å²) >= 11 is 1.55. The molecule has 0 bridgehead atoms. The summed E-state index contributed by atoms with van der Waals surface area (Å²) in [6.07, 6.45) is 0. The average molecular weight is 352 g/mol. The maximum Gasteiger partial charge on any atom is 0.197 e. The van der Waals surface area contributed by atoms with Crippen LogP contribution in [0.5, 0.6) is 0 Å². The third-order valence-corrected chi connectivity index (χ3v) is 4.84. The first-order chi connectivity index (χ1) is 12.1. The molecule has 0 radical (unpaired) electrons. The number of tetrazole rings is 1. The highest BCUT2D eigenvalue weighted by atomic mass is 32.2. The summed E-state index contributed by atoms with van der Waals surface area (Å²) in [5.41, 5.74) is 2.65. The Labute approximate surface area is 148 Å². The molecule has 0 aliphatic carbocycles. The van der Waals surface area contributed by atoms with Crippen LogP contribution in [0.3, 0.4) is 0 Å². The summed E-state index contributed by atoms with van der Waals surface area (Å²) in [5.74, 6) is 1.61. The summed E-state index contributed by atoms with van der Waals surface area (Å²) in [6, 6.07) is 11.7. The van der Waals surface area contributed by atoms with E-state index in [-0.39, 0.29) is 5.25 Å². The van der Waals surface area contributed by atoms with Crippen molar-refractivity contribution in [3.05, 3.63) is 53.7 Å². The maximum absolute atomic E-state index is 4.49. The fourth-order valence-corrected chi connectivity index (χ4v) is 3.68. The van der Waals surface area contributed by atoms with Crippen molar-refractivity contribution >= 4 is 17.4 Å². The molecule has 4 rings (SSSR count). The van der Waals surface area contributed by atoms with E-state index in [1.807, 2.05) is 61.6 Å². The first-order valence-corrected chi connectivity index (χ1v) is 8.71. The molecule has 1 unspecified atom stereocenters. The number of aromatic nitrogens is 8. The average Bonchev–Trinajstić information content (AvgIpc) is 3.23. The first-order valence-electron chi connectivity index (χ1n) is 7.83. The van der Waals surface area contributed by atoms with E-state index in [9.17, 15) is 0 Å². The SMILES string of the molecule is Cc1cc2nnc(SC(C)c3nnnn3-c3ccccc3)n2c(C)n1. The van der Waals surface area contributed by atoms with Crippen LogP contribution in [-0.2, 0) is 0 Å². The van der Waals surface area contributed by atoms with Gasteiger partial charge in [-0.1, -0.05) is 30.0 Å². The molecule has 0 fully saturated rings. The molecule has 0 amide bonds. The highest BCUT2D eigenvalue weighted by molar-refractivity contribution is 7.99. The van der Waals surface area contributed by atoms with E-state index >= 15 is 0 Å². The topological polar surface area (TPSA) is 86.7 Å². The van der Waals surface area contributed by atoms with Crippen molar-refractivity contribution in [3.8, 4) is 5.69 Å². The standard InChI is InChI=1S/C16H16N8S/c1-10-9-14-18-20-16(23(14)12(3)17-10)25-11(2)15-19-21-22-24(15)13-7-5-4-6-8-13/h4-9,11H,1-3H3. The number of hydrogen-bond donors (Lipinski definition) is 0. The number of para-hydroxylation sites is 1. The summed E-state index contributed by atoms with van der Waals surface area (Å²) in [6.45, 7) is 5.95. The Morgan fingerprint density at radius 1 is 1.04 bits per heavy atom. The van der Waals surface area contributed by atoms with E-state index in [2.05, 4.69) is 30.7 Å². The molecular weight excluding hydrogens is 336 g/mol. The highest BCUT2D eigenvalue weighted by Crippen LogP contribution is 2.33. The fraction of sp³-hybridized carbons (Fsp3) is 0.250. The molecule has 8 nitrogen and oxygen atoms in total. The Bertz CT molecular complexity index is 1020. The van der Waals surface area contributed by atoms with Gasteiger partial charge in [0.05, 0.1) is 10.9 Å². The van der Waals surface area contributed by atoms with Crippen molar-refractivity contribution < 1.29 is 0 Å². The first kappa shape index (κ1) is 15.7. The molecule has 9 heteroatoms. The van der Waals surface area contributed by atoms with Crippen molar-refractivity contribution in [1.29, 1.82) is 0 Å². The largest absolute Gasteiger partial charge is 0.258 e. The minimum absolute atomic E-state index is 0.0108. The van der Waals surface area contributed by atoms with Gasteiger partial charge in [-0.2, -0.15) is 4.68 Å². The lowest BCUT2D eigenvalue weighted by Gasteiger charge is -2.11. The van der Waals surface area contributed by atoms with Crippen LogP contribution in [0, 0.1) is 13.8 Å². The normalized spacial score (nSPS) is 12.6. The zero-order chi connectivity index (χ0) is 17.4. The van der Waals surface area contributed by atoms with Gasteiger partial charge in [-0.05, 0) is 43.3 Å². The molecule has 3 aromatic heterocycles. The van der Waals surface area contributed by atoms with Crippen LogP contribution < -0.4 is 0 Å². The molecule has 1 atom stereocenters. The van der Waals surface area contributed by atoms with Gasteiger partial charge in [0.15, 0.2) is 16.6 Å². The summed E-state index contributed by atoms with van der Waals surface area (Å²) in [5, 5.41) is 21.5. The van der Waals surface area contributed by atoms with Crippen molar-refractivity contribution in [2.45, 2.75) is 31.2 Å². The third kappa shape index (κ3) is 2.86. The molecule has 0 saturated heterocycles. The number of hydrogen-bond acceptors (Lipinski definition) is 7. The lowest BCUT2D eigenvalue weighted by atomic mass is 10.3. The summed E-state index contributed by atoms with van der Waals surface area (Å²) in [7, 11) is 0. The van der Waals surface area contributed by atoms with Crippen LogP contribution >= 0.6 is 11.8 Å². The molecule has 0 saturated carbocycles. The molecule has 3 heterocycles. The van der Waals surface area contributed by atoms with Crippen LogP contribution in [0.2, 0.25) is 0 Å². The number of thioether (sulfide) groups is 1. The zero-order valence-electron chi connectivity index (χ0n) is 14.0. The van der Waals surface area contributed by atoms with Gasteiger partial charge in [0.25, 0.3) is 0 Å². The van der Waals surface area contributed by atoms with Gasteiger partial charge in [0.1, 0.15) is 5.82 Å². The molecule has 126 valence electrons. The second kappa shape index (κ2) is 6.25. The Kier molecular flexibility index (Phi) is 3.92. The predicted molar refractivity (Wildman–Crippen MR) is 93.7 cm³/mol. The van der Waals surface area contributed by atoms with E-state index in [0.717, 1.165) is 33.8 Å². The lowest BCUT2D eigenvalue weighted by Crippen LogP contribution is -2.06. The molecule has 0 spiro atoms. The Morgan fingerprint density at radius 3 is 2.64 bits per heavy atom. The Morgan fingerprint density at radius 2 is 1.84 bits per heavy atom. The fourth-order valence-electron chi connectivity index (χ4n) is 2.69. The molecule has 0 aliphatic rings. The maximum atomic E-state index is 4.49. The lowest BCUT2D eigenvalue weighted by molar-refractivity contribution is 0.760. The van der Waals surface area contributed by atoms with Gasteiger partial charge >= 0.3 is 0 Å². The molecule has 4 aromatic rings. The minimum Gasteiger partial charge on any atom is -0.258 e. The van der Waals surface area contributed by atoms with Crippen LogP contribution in [0.1, 0.15) is 29.5 Å². The molecular formula is C16H16N8S. The molecule has 0 aliphatic heterocycles. The highest BCUT2D eigenvalue weighted by Gasteiger charge is 2.20. The van der Waals surface area contributed by atoms with Gasteiger partial charge in [-0.3, -0.25) is 4.40 Å². The van der Waals surface area contributed by atoms with Gasteiger partial charge < -0.3 is 0 Å². The number of fused-ring (bicyclic) bond motifs is 1. The molecule has 25 heavy (non-hydrogen) atoms. The number of aryl methyl sites for hydroxylation is 2. The predicted octanol–water partition coefficient (Wildman–Crippen LogP) is 2.57. The Balaban J connectivity index is 1.68. The van der Waals surface area contributed by atoms with Crippen molar-refractivity contribution in [3.63, 3.8) is 0 Å². The van der Waals surface area contributed by atoms with Gasteiger partial charge in [-0.15, -0.1) is 15.3 Å². The van der Waals surface area contributed by atoms with E-state index in [4.69, 9.17) is 0 Å². The van der Waals surface area contributed by atoms with E-state index < -0.39 is 0 Å². The van der Waals surface area contributed by atoms with Crippen LogP contribution in [-0.4, -0.2) is 39.8 Å². The van der Waals surface area contributed by atoms with Gasteiger partial charge in [0.2, 0.25) is 0 Å². The smallest absolute Gasteiger partial charge is 0.197 e. The number of rotatable bonds is 4. The summed E-state index contributed by atoms with van der Waals surface area (Å²) in [4.78, 5) is 4.49. The van der Waals surface area contributed by atoms with Crippen LogP contribution in [0.15, 0.2) is 41.6 Å². The van der Waals surface area contributed by atoms with Crippen molar-refractivity contribution in [2.75, 3.05) is 0 Å².